The van der Waals surface area contributed by atoms with Gasteiger partial charge in [0, 0.05) is 6.54 Å². The monoisotopic (exact) mass is 292 g/mol. The molecule has 1 saturated carbocycles. The SMILES string of the molecule is NC(=S)C1(C(=O)NCc2ccc3c(c2)OCO3)CCC1. The molecule has 0 unspecified atom stereocenters. The summed E-state index contributed by atoms with van der Waals surface area (Å²) in [5.74, 6) is 1.37. The van der Waals surface area contributed by atoms with E-state index in [0.717, 1.165) is 30.6 Å². The quantitative estimate of drug-likeness (QED) is 0.823. The van der Waals surface area contributed by atoms with E-state index < -0.39 is 5.41 Å². The molecule has 6 heteroatoms. The number of nitrogens with two attached hydrogens (primary N) is 1. The van der Waals surface area contributed by atoms with E-state index in [1.807, 2.05) is 18.2 Å². The maximum Gasteiger partial charge on any atom is 0.233 e. The Hall–Kier alpha value is -1.82. The van der Waals surface area contributed by atoms with Gasteiger partial charge in [-0.1, -0.05) is 24.7 Å². The lowest BCUT2D eigenvalue weighted by Gasteiger charge is -2.39. The molecule has 1 heterocycles. The highest BCUT2D eigenvalue weighted by atomic mass is 32.1. The molecule has 0 bridgehead atoms. The van der Waals surface area contributed by atoms with Gasteiger partial charge in [-0.15, -0.1) is 0 Å². The molecule has 2 aliphatic rings. The zero-order chi connectivity index (χ0) is 14.2. The van der Waals surface area contributed by atoms with Crippen LogP contribution in [0.1, 0.15) is 24.8 Å². The third-order valence-corrected chi connectivity index (χ3v) is 4.39. The van der Waals surface area contributed by atoms with Crippen molar-refractivity contribution in [3.05, 3.63) is 23.8 Å². The summed E-state index contributed by atoms with van der Waals surface area (Å²) in [6, 6.07) is 5.62. The van der Waals surface area contributed by atoms with E-state index in [1.54, 1.807) is 0 Å². The number of hydrogen-bond donors (Lipinski definition) is 2. The summed E-state index contributed by atoms with van der Waals surface area (Å²) in [7, 11) is 0. The van der Waals surface area contributed by atoms with Gasteiger partial charge < -0.3 is 20.5 Å². The maximum atomic E-state index is 12.3. The third-order valence-electron chi connectivity index (χ3n) is 4.00. The van der Waals surface area contributed by atoms with Gasteiger partial charge in [0.15, 0.2) is 11.5 Å². The molecule has 0 saturated heterocycles. The van der Waals surface area contributed by atoms with Crippen molar-refractivity contribution in [2.45, 2.75) is 25.8 Å². The van der Waals surface area contributed by atoms with Crippen molar-refractivity contribution in [2.75, 3.05) is 6.79 Å². The van der Waals surface area contributed by atoms with E-state index in [-0.39, 0.29) is 12.7 Å². The van der Waals surface area contributed by atoms with Gasteiger partial charge in [0.1, 0.15) is 0 Å². The van der Waals surface area contributed by atoms with Crippen LogP contribution in [-0.4, -0.2) is 17.7 Å². The molecule has 5 nitrogen and oxygen atoms in total. The van der Waals surface area contributed by atoms with Crippen molar-refractivity contribution in [1.82, 2.24) is 5.32 Å². The Morgan fingerprint density at radius 1 is 1.35 bits per heavy atom. The highest BCUT2D eigenvalue weighted by molar-refractivity contribution is 7.80. The molecule has 0 aromatic heterocycles. The molecule has 3 N–H and O–H groups in total. The van der Waals surface area contributed by atoms with Gasteiger partial charge in [-0.2, -0.15) is 0 Å². The molecule has 106 valence electrons. The van der Waals surface area contributed by atoms with Crippen molar-refractivity contribution in [2.24, 2.45) is 11.1 Å². The van der Waals surface area contributed by atoms with E-state index in [1.165, 1.54) is 0 Å². The number of hydrogen-bond acceptors (Lipinski definition) is 4. The van der Waals surface area contributed by atoms with Crippen molar-refractivity contribution in [3.8, 4) is 11.5 Å². The molecule has 1 aromatic rings. The second-order valence-corrected chi connectivity index (χ2v) is 5.61. The summed E-state index contributed by atoms with van der Waals surface area (Å²) in [5, 5.41) is 2.91. The Labute approximate surface area is 122 Å². The van der Waals surface area contributed by atoms with Gasteiger partial charge in [-0.25, -0.2) is 0 Å². The van der Waals surface area contributed by atoms with Gasteiger partial charge in [0.05, 0.1) is 10.4 Å². The van der Waals surface area contributed by atoms with Gasteiger partial charge in [0.25, 0.3) is 0 Å². The summed E-state index contributed by atoms with van der Waals surface area (Å²) in [4.78, 5) is 12.6. The summed E-state index contributed by atoms with van der Waals surface area (Å²) in [6.07, 6.45) is 2.49. The first-order valence-electron chi connectivity index (χ1n) is 6.58. The lowest BCUT2D eigenvalue weighted by Crippen LogP contribution is -2.52. The number of ether oxygens (including phenoxy) is 2. The van der Waals surface area contributed by atoms with Crippen LogP contribution < -0.4 is 20.5 Å². The zero-order valence-electron chi connectivity index (χ0n) is 11.0. The Morgan fingerprint density at radius 2 is 2.10 bits per heavy atom. The van der Waals surface area contributed by atoms with Gasteiger partial charge >= 0.3 is 0 Å². The Morgan fingerprint density at radius 3 is 2.75 bits per heavy atom. The van der Waals surface area contributed by atoms with E-state index in [2.05, 4.69) is 5.32 Å². The molecular weight excluding hydrogens is 276 g/mol. The topological polar surface area (TPSA) is 73.6 Å². The van der Waals surface area contributed by atoms with Crippen molar-refractivity contribution in [3.63, 3.8) is 0 Å². The minimum atomic E-state index is -0.633. The average Bonchev–Trinajstić information content (AvgIpc) is 2.81. The highest BCUT2D eigenvalue weighted by Crippen LogP contribution is 2.41. The fraction of sp³-hybridized carbons (Fsp3) is 0.429. The van der Waals surface area contributed by atoms with E-state index >= 15 is 0 Å². The Kier molecular flexibility index (Phi) is 3.25. The number of carbonyl (C=O) groups excluding carboxylic acids is 1. The fourth-order valence-corrected chi connectivity index (χ4v) is 2.81. The first kappa shape index (κ1) is 13.2. The number of nitrogens with one attached hydrogen (secondary N) is 1. The van der Waals surface area contributed by atoms with Crippen LogP contribution in [0.15, 0.2) is 18.2 Å². The maximum absolute atomic E-state index is 12.3. The smallest absolute Gasteiger partial charge is 0.233 e. The van der Waals surface area contributed by atoms with Crippen LogP contribution in [0.4, 0.5) is 0 Å². The summed E-state index contributed by atoms with van der Waals surface area (Å²) in [5.41, 5.74) is 6.04. The number of carbonyl (C=O) groups is 1. The molecule has 1 fully saturated rings. The van der Waals surface area contributed by atoms with Gasteiger partial charge in [-0.05, 0) is 30.5 Å². The second-order valence-electron chi connectivity index (χ2n) is 5.17. The highest BCUT2D eigenvalue weighted by Gasteiger charge is 2.46. The number of amides is 1. The van der Waals surface area contributed by atoms with Crippen LogP contribution in [0.25, 0.3) is 0 Å². The number of thiocarbonyl (C=S) groups is 1. The van der Waals surface area contributed by atoms with Crippen molar-refractivity contribution in [1.29, 1.82) is 0 Å². The number of benzene rings is 1. The summed E-state index contributed by atoms with van der Waals surface area (Å²) < 4.78 is 10.6. The molecule has 1 amide bonds. The van der Waals surface area contributed by atoms with Crippen LogP contribution in [-0.2, 0) is 11.3 Å². The predicted octanol–water partition coefficient (Wildman–Crippen LogP) is 1.49. The number of rotatable bonds is 4. The largest absolute Gasteiger partial charge is 0.454 e. The van der Waals surface area contributed by atoms with Crippen LogP contribution in [0.3, 0.4) is 0 Å². The number of fused-ring (bicyclic) bond motifs is 1. The molecule has 1 aromatic carbocycles. The minimum Gasteiger partial charge on any atom is -0.454 e. The van der Waals surface area contributed by atoms with E-state index in [4.69, 9.17) is 27.4 Å². The molecule has 1 aliphatic carbocycles. The Bertz CT molecular complexity index is 570. The van der Waals surface area contributed by atoms with Crippen LogP contribution in [0.2, 0.25) is 0 Å². The first-order chi connectivity index (χ1) is 9.62. The van der Waals surface area contributed by atoms with Crippen molar-refractivity contribution >= 4 is 23.1 Å². The van der Waals surface area contributed by atoms with Crippen LogP contribution in [0.5, 0.6) is 11.5 Å². The van der Waals surface area contributed by atoms with E-state index in [9.17, 15) is 4.79 Å². The molecule has 3 rings (SSSR count). The van der Waals surface area contributed by atoms with Gasteiger partial charge in [0.2, 0.25) is 12.7 Å². The minimum absolute atomic E-state index is 0.0751. The van der Waals surface area contributed by atoms with Crippen LogP contribution in [0, 0.1) is 5.41 Å². The molecule has 0 atom stereocenters. The Balaban J connectivity index is 1.65. The summed E-state index contributed by atoms with van der Waals surface area (Å²) in [6.45, 7) is 0.676. The predicted molar refractivity (Wildman–Crippen MR) is 77.5 cm³/mol. The zero-order valence-corrected chi connectivity index (χ0v) is 11.8. The summed E-state index contributed by atoms with van der Waals surface area (Å²) >= 11 is 5.03. The fourth-order valence-electron chi connectivity index (χ4n) is 2.52. The average molecular weight is 292 g/mol. The van der Waals surface area contributed by atoms with Gasteiger partial charge in [-0.3, -0.25) is 4.79 Å². The lowest BCUT2D eigenvalue weighted by atomic mass is 9.68. The first-order valence-corrected chi connectivity index (χ1v) is 6.99. The third kappa shape index (κ3) is 2.10. The molecule has 1 aliphatic heterocycles. The molecule has 0 spiro atoms. The van der Waals surface area contributed by atoms with Crippen molar-refractivity contribution < 1.29 is 14.3 Å². The van der Waals surface area contributed by atoms with Crippen LogP contribution >= 0.6 is 12.2 Å². The molecule has 0 radical (unpaired) electrons. The lowest BCUT2D eigenvalue weighted by molar-refractivity contribution is -0.131. The second kappa shape index (κ2) is 4.94. The molecule has 20 heavy (non-hydrogen) atoms. The molecular formula is C14H16N2O3S. The standard InChI is InChI=1S/C14H16N2O3S/c15-12(20)14(4-1-5-14)13(17)16-7-9-2-3-10-11(6-9)19-8-18-10/h2-3,6H,1,4-5,7-8H2,(H2,15,20)(H,16,17). The normalized spacial score (nSPS) is 18.2. The van der Waals surface area contributed by atoms with E-state index in [0.29, 0.717) is 17.3 Å².